The van der Waals surface area contributed by atoms with E-state index in [1.54, 1.807) is 0 Å². The van der Waals surface area contributed by atoms with E-state index >= 15 is 0 Å². The molecule has 0 spiro atoms. The fourth-order valence-electron chi connectivity index (χ4n) is 0.433. The molecule has 0 aliphatic rings. The van der Waals surface area contributed by atoms with Crippen LogP contribution in [-0.4, -0.2) is 19.8 Å². The molecule has 0 rings (SSSR count). The topological polar surface area (TPSA) is 0 Å². The summed E-state index contributed by atoms with van der Waals surface area (Å²) in [5.41, 5.74) is 0. The predicted molar refractivity (Wildman–Crippen MR) is 66.3 cm³/mol. The molecule has 0 heterocycles. The average Bonchev–Trinajstić information content (AvgIpc) is 2.63. The molecule has 1 heteroatoms. The normalized spacial score (nSPS) is 54.7. The molecular weight excluding hydrogens is 263 g/mol. The van der Waals surface area contributed by atoms with Gasteiger partial charge in [-0.2, -0.15) is 0 Å². The molecule has 0 aromatic heterocycles. The van der Waals surface area contributed by atoms with Crippen LogP contribution in [0.15, 0.2) is 0 Å². The van der Waals surface area contributed by atoms with E-state index in [0.29, 0.717) is 0 Å². The van der Waals surface area contributed by atoms with Crippen molar-refractivity contribution in [2.75, 3.05) is 0 Å². The molecule has 0 atom stereocenters. The van der Waals surface area contributed by atoms with Crippen LogP contribution < -0.4 is 0 Å². The molecular formula is C12H28Sn. The van der Waals surface area contributed by atoms with Crippen LogP contribution in [0.25, 0.3) is 0 Å². The molecule has 0 saturated carbocycles. The monoisotopic (exact) mass is 319 g/mol. The Labute approximate surface area is 130 Å². The van der Waals surface area contributed by atoms with E-state index in [4.69, 9.17) is 37.0 Å². The quantitative estimate of drug-likeness (QED) is 0.545. The first-order valence-corrected chi connectivity index (χ1v) is 8.06. The van der Waals surface area contributed by atoms with Gasteiger partial charge in [-0.15, -0.1) is 0 Å². The Balaban J connectivity index is 8.21. The molecule has 0 aliphatic carbocycles. The van der Waals surface area contributed by atoms with E-state index < -0.39 is 91.7 Å². The second-order valence-electron chi connectivity index (χ2n) is 1.62. The van der Waals surface area contributed by atoms with Crippen LogP contribution in [0.4, 0.5) is 0 Å². The maximum absolute atomic E-state index is 8.37. The van der Waals surface area contributed by atoms with Crippen molar-refractivity contribution in [3.8, 4) is 0 Å². The van der Waals surface area contributed by atoms with Crippen molar-refractivity contribution in [1.29, 1.82) is 0 Å². The molecule has 0 nitrogen and oxygen atoms in total. The predicted octanol–water partition coefficient (Wildman–Crippen LogP) is 4.61. The molecule has 0 amide bonds. The van der Waals surface area contributed by atoms with E-state index in [0.717, 1.165) is 0 Å². The Kier molecular flexibility index (Phi) is 1.19. The second-order valence-corrected chi connectivity index (χ2v) is 6.56. The molecule has 0 fully saturated rings. The van der Waals surface area contributed by atoms with Gasteiger partial charge in [-0.3, -0.25) is 0 Å². The first-order valence-electron chi connectivity index (χ1n) is 16.6. The van der Waals surface area contributed by atoms with Gasteiger partial charge >= 0.3 is 129 Å². The Bertz CT molecular complexity index is 792. The average molecular weight is 318 g/mol. The van der Waals surface area contributed by atoms with Gasteiger partial charge in [0.05, 0.1) is 0 Å². The fourth-order valence-corrected chi connectivity index (χ4v) is 2.90. The van der Waals surface area contributed by atoms with Gasteiger partial charge in [-0.1, -0.05) is 0 Å². The van der Waals surface area contributed by atoms with Gasteiger partial charge in [0.1, 0.15) is 0 Å². The molecule has 80 valence electrons. The summed E-state index contributed by atoms with van der Waals surface area (Å²) >= 11 is -7.46. The van der Waals surface area contributed by atoms with Crippen LogP contribution in [0.2, 0.25) is 13.2 Å². The van der Waals surface area contributed by atoms with Gasteiger partial charge in [0.15, 0.2) is 0 Å². The first-order chi connectivity index (χ1) is 16.6. The van der Waals surface area contributed by atoms with Crippen LogP contribution in [0, 0.1) is 0 Å². The Morgan fingerprint density at radius 3 is 1.54 bits per heavy atom. The van der Waals surface area contributed by atoms with E-state index in [1.807, 2.05) is 0 Å². The van der Waals surface area contributed by atoms with E-state index in [9.17, 15) is 0 Å². The fraction of sp³-hybridized carbons (Fsp3) is 1.00. The third-order valence-corrected chi connectivity index (χ3v) is 4.54. The summed E-state index contributed by atoms with van der Waals surface area (Å²) in [4.78, 5) is 0. The second kappa shape index (κ2) is 10.9. The zero-order valence-corrected chi connectivity index (χ0v) is 9.87. The van der Waals surface area contributed by atoms with Gasteiger partial charge in [-0.25, -0.2) is 0 Å². The van der Waals surface area contributed by atoms with Crippen LogP contribution in [0.5, 0.6) is 0 Å². The van der Waals surface area contributed by atoms with Crippen molar-refractivity contribution >= 4 is 19.8 Å². The molecule has 0 unspecified atom stereocenters. The summed E-state index contributed by atoms with van der Waals surface area (Å²) in [6.07, 6.45) is -26.8. The third-order valence-electron chi connectivity index (χ3n) is 0.837. The molecule has 0 bridgehead atoms. The first kappa shape index (κ1) is 1.43. The minimum atomic E-state index is -7.46. The van der Waals surface area contributed by atoms with Crippen LogP contribution in [0.3, 0.4) is 0 Å². The maximum atomic E-state index is 8.37. The SMILES string of the molecule is [2H]C([2H])([2H])C([2H])([2H])C([2H])([2H])[C]([2H])([2H])[SnH]([C]([2H])([2H])C([2H])([2H])C([2H])([2H])C([2H])([2H])[2H])[C]([2H])([2H])C([2H])([2H])C([2H])([2H])C([2H])([2H])[2H]. The summed E-state index contributed by atoms with van der Waals surface area (Å²) < 4.78 is 197. The van der Waals surface area contributed by atoms with Crippen molar-refractivity contribution in [3.63, 3.8) is 0 Å². The number of hydrogen-bond acceptors (Lipinski definition) is 0. The van der Waals surface area contributed by atoms with Crippen LogP contribution >= 0.6 is 0 Å². The number of hydrogen-bond donors (Lipinski definition) is 0. The standard InChI is InChI=1S/3C4H9.Sn.H/c3*1-3-4-2;;/h3*1,3-4H2,2H3;;/i3*1D2,2D3,3D2,4D2;;. The molecule has 0 saturated heterocycles. The molecule has 0 aromatic carbocycles. The molecule has 13 heavy (non-hydrogen) atoms. The Morgan fingerprint density at radius 2 is 1.23 bits per heavy atom. The zero-order valence-electron chi connectivity index (χ0n) is 33.6. The van der Waals surface area contributed by atoms with Crippen molar-refractivity contribution in [1.82, 2.24) is 0 Å². The van der Waals surface area contributed by atoms with Crippen molar-refractivity contribution in [2.45, 2.75) is 72.0 Å². The van der Waals surface area contributed by atoms with Gasteiger partial charge in [-0.05, 0) is 0 Å². The van der Waals surface area contributed by atoms with Gasteiger partial charge in [0, 0.05) is 0 Å². The van der Waals surface area contributed by atoms with Gasteiger partial charge < -0.3 is 0 Å². The zero-order chi connectivity index (χ0) is 33.6. The third kappa shape index (κ3) is 9.11. The summed E-state index contributed by atoms with van der Waals surface area (Å²) in [6.45, 7) is -12.3. The van der Waals surface area contributed by atoms with Crippen molar-refractivity contribution in [2.24, 2.45) is 0 Å². The van der Waals surface area contributed by atoms with Crippen molar-refractivity contribution in [3.05, 3.63) is 0 Å². The minimum absolute atomic E-state index is 4.08. The van der Waals surface area contributed by atoms with Crippen molar-refractivity contribution < 1.29 is 37.0 Å². The van der Waals surface area contributed by atoms with E-state index in [-0.39, 0.29) is 0 Å². The summed E-state index contributed by atoms with van der Waals surface area (Å²) in [5.74, 6) is 0. The van der Waals surface area contributed by atoms with E-state index in [1.165, 1.54) is 0 Å². The van der Waals surface area contributed by atoms with Crippen LogP contribution in [-0.2, 0) is 0 Å². The van der Waals surface area contributed by atoms with Gasteiger partial charge in [0.2, 0.25) is 0 Å². The molecule has 0 aliphatic heterocycles. The summed E-state index contributed by atoms with van der Waals surface area (Å²) in [5, 5.41) is 0. The Morgan fingerprint density at radius 1 is 0.846 bits per heavy atom. The number of rotatable bonds is 9. The Hall–Kier alpha value is 0.799. The molecule has 0 radical (unpaired) electrons. The van der Waals surface area contributed by atoms with E-state index in [2.05, 4.69) is 0 Å². The molecule has 0 N–H and O–H groups in total. The van der Waals surface area contributed by atoms with Gasteiger partial charge in [0.25, 0.3) is 0 Å². The van der Waals surface area contributed by atoms with Crippen LogP contribution in [0.1, 0.15) is 95.8 Å². The summed E-state index contributed by atoms with van der Waals surface area (Å²) in [6, 6.07) is 0. The summed E-state index contributed by atoms with van der Waals surface area (Å²) in [7, 11) is 0. The molecule has 0 aromatic rings.